The van der Waals surface area contributed by atoms with E-state index in [-0.39, 0.29) is 17.7 Å². The lowest BCUT2D eigenvalue weighted by atomic mass is 10.1. The fraction of sp³-hybridized carbons (Fsp3) is 0.583. The second kappa shape index (κ2) is 5.80. The summed E-state index contributed by atoms with van der Waals surface area (Å²) in [5.74, 6) is 0.266. The van der Waals surface area contributed by atoms with Crippen molar-refractivity contribution < 1.29 is 21.6 Å². The Labute approximate surface area is 120 Å². The van der Waals surface area contributed by atoms with Crippen molar-refractivity contribution in [3.63, 3.8) is 0 Å². The summed E-state index contributed by atoms with van der Waals surface area (Å²) >= 11 is 0. The topological polar surface area (TPSA) is 85.1 Å². The molecule has 1 aliphatic rings. The smallest absolute Gasteiger partial charge is 0.367 e. The Bertz CT molecular complexity index is 587. The first-order valence-corrected chi connectivity index (χ1v) is 8.15. The zero-order chi connectivity index (χ0) is 15.7. The van der Waals surface area contributed by atoms with E-state index in [0.29, 0.717) is 18.7 Å². The summed E-state index contributed by atoms with van der Waals surface area (Å²) < 4.78 is 59.3. The van der Waals surface area contributed by atoms with Crippen LogP contribution in [0.1, 0.15) is 24.8 Å². The van der Waals surface area contributed by atoms with Crippen molar-refractivity contribution >= 4 is 15.8 Å². The molecular formula is C12H16F3N3O2S. The molecule has 1 fully saturated rings. The van der Waals surface area contributed by atoms with Gasteiger partial charge >= 0.3 is 6.18 Å². The van der Waals surface area contributed by atoms with Crippen molar-refractivity contribution in [2.45, 2.75) is 31.5 Å². The zero-order valence-corrected chi connectivity index (χ0v) is 11.9. The van der Waals surface area contributed by atoms with Crippen LogP contribution in [0.4, 0.5) is 19.0 Å². The van der Waals surface area contributed by atoms with Gasteiger partial charge in [0.05, 0.1) is 11.3 Å². The van der Waals surface area contributed by atoms with Crippen LogP contribution in [0.3, 0.4) is 0 Å². The van der Waals surface area contributed by atoms with Gasteiger partial charge in [0, 0.05) is 12.2 Å². The average Bonchev–Trinajstić information content (AvgIpc) is 2.73. The number of hydrogen-bond donors (Lipinski definition) is 2. The lowest BCUT2D eigenvalue weighted by molar-refractivity contribution is -0.137. The minimum absolute atomic E-state index is 0.000914. The third-order valence-electron chi connectivity index (χ3n) is 3.45. The van der Waals surface area contributed by atoms with Gasteiger partial charge < -0.3 is 5.32 Å². The van der Waals surface area contributed by atoms with E-state index in [0.717, 1.165) is 18.7 Å². The molecule has 0 aliphatic heterocycles. The van der Waals surface area contributed by atoms with Crippen molar-refractivity contribution in [3.8, 4) is 0 Å². The molecule has 21 heavy (non-hydrogen) atoms. The first-order chi connectivity index (χ1) is 9.63. The van der Waals surface area contributed by atoms with Crippen LogP contribution in [0.2, 0.25) is 0 Å². The van der Waals surface area contributed by atoms with Crippen molar-refractivity contribution in [1.82, 2.24) is 4.98 Å². The number of alkyl halides is 3. The Morgan fingerprint density at radius 2 is 2.05 bits per heavy atom. The van der Waals surface area contributed by atoms with Crippen molar-refractivity contribution in [3.05, 3.63) is 23.9 Å². The highest BCUT2D eigenvalue weighted by molar-refractivity contribution is 7.89. The molecular weight excluding hydrogens is 307 g/mol. The SMILES string of the molecule is NS(=O)(=O)C[C@@H]1CC[C@H](Nc2ccc(C(F)(F)F)cn2)C1. The number of pyridine rings is 1. The number of sulfonamides is 1. The van der Waals surface area contributed by atoms with Gasteiger partial charge in [0.25, 0.3) is 0 Å². The number of anilines is 1. The maximum atomic E-state index is 12.4. The van der Waals surface area contributed by atoms with E-state index in [1.54, 1.807) is 0 Å². The van der Waals surface area contributed by atoms with E-state index in [2.05, 4.69) is 10.3 Å². The first-order valence-electron chi connectivity index (χ1n) is 6.44. The number of rotatable bonds is 4. The van der Waals surface area contributed by atoms with E-state index in [4.69, 9.17) is 5.14 Å². The zero-order valence-electron chi connectivity index (χ0n) is 11.1. The summed E-state index contributed by atoms with van der Waals surface area (Å²) in [7, 11) is -3.49. The van der Waals surface area contributed by atoms with Gasteiger partial charge in [0.2, 0.25) is 10.0 Å². The second-order valence-corrected chi connectivity index (χ2v) is 6.94. The molecule has 0 radical (unpaired) electrons. The van der Waals surface area contributed by atoms with Crippen molar-refractivity contribution in [2.24, 2.45) is 11.1 Å². The Hall–Kier alpha value is -1.35. The van der Waals surface area contributed by atoms with Crippen LogP contribution in [0.25, 0.3) is 0 Å². The predicted octanol–water partition coefficient (Wildman–Crippen LogP) is 1.97. The predicted molar refractivity (Wildman–Crippen MR) is 72.0 cm³/mol. The van der Waals surface area contributed by atoms with Gasteiger partial charge in [-0.25, -0.2) is 18.5 Å². The molecule has 2 rings (SSSR count). The number of nitrogens with one attached hydrogen (secondary N) is 1. The summed E-state index contributed by atoms with van der Waals surface area (Å²) in [6.45, 7) is 0. The third kappa shape index (κ3) is 4.85. The summed E-state index contributed by atoms with van der Waals surface area (Å²) in [5, 5.41) is 8.02. The largest absolute Gasteiger partial charge is 0.417 e. The van der Waals surface area contributed by atoms with Crippen LogP contribution in [0, 0.1) is 5.92 Å². The molecule has 1 aromatic rings. The maximum absolute atomic E-state index is 12.4. The van der Waals surface area contributed by atoms with Gasteiger partial charge in [0.1, 0.15) is 5.82 Å². The highest BCUT2D eigenvalue weighted by Gasteiger charge is 2.31. The van der Waals surface area contributed by atoms with Crippen LogP contribution in [0.15, 0.2) is 18.3 Å². The molecule has 0 bridgehead atoms. The molecule has 0 spiro atoms. The molecule has 9 heteroatoms. The molecule has 0 aromatic carbocycles. The number of halogens is 3. The highest BCUT2D eigenvalue weighted by atomic mass is 32.2. The van der Waals surface area contributed by atoms with Gasteiger partial charge in [-0.3, -0.25) is 0 Å². The minimum Gasteiger partial charge on any atom is -0.367 e. The minimum atomic E-state index is -4.40. The van der Waals surface area contributed by atoms with E-state index >= 15 is 0 Å². The lowest BCUT2D eigenvalue weighted by Gasteiger charge is -2.14. The molecule has 1 saturated carbocycles. The van der Waals surface area contributed by atoms with Gasteiger partial charge in [0.15, 0.2) is 0 Å². The van der Waals surface area contributed by atoms with E-state index in [1.807, 2.05) is 0 Å². The molecule has 1 aliphatic carbocycles. The first kappa shape index (κ1) is 16.0. The molecule has 0 unspecified atom stereocenters. The second-order valence-electron chi connectivity index (χ2n) is 5.28. The fourth-order valence-corrected chi connectivity index (χ4v) is 3.50. The molecule has 1 heterocycles. The number of aromatic nitrogens is 1. The normalized spacial score (nSPS) is 23.2. The number of nitrogens with zero attached hydrogens (tertiary/aromatic N) is 1. The molecule has 2 atom stereocenters. The number of primary sulfonamides is 1. The summed E-state index contributed by atoms with van der Waals surface area (Å²) in [5.41, 5.74) is -0.799. The van der Waals surface area contributed by atoms with Gasteiger partial charge in [-0.15, -0.1) is 0 Å². The lowest BCUT2D eigenvalue weighted by Crippen LogP contribution is -2.23. The average molecular weight is 323 g/mol. The standard InChI is InChI=1S/C12H16F3N3O2S/c13-12(14,15)9-2-4-11(17-6-9)18-10-3-1-8(5-10)7-21(16,19)20/h2,4,6,8,10H,1,3,5,7H2,(H,17,18)(H2,16,19,20)/t8-,10+/m1/s1. The van der Waals surface area contributed by atoms with E-state index in [1.165, 1.54) is 6.07 Å². The Balaban J connectivity index is 1.91. The molecule has 3 N–H and O–H groups in total. The quantitative estimate of drug-likeness (QED) is 0.887. The van der Waals surface area contributed by atoms with Crippen LogP contribution in [-0.4, -0.2) is 25.2 Å². The summed E-state index contributed by atoms with van der Waals surface area (Å²) in [4.78, 5) is 3.73. The monoisotopic (exact) mass is 323 g/mol. The maximum Gasteiger partial charge on any atom is 0.417 e. The molecule has 0 amide bonds. The number of nitrogens with two attached hydrogens (primary N) is 1. The highest BCUT2D eigenvalue weighted by Crippen LogP contribution is 2.31. The molecule has 118 valence electrons. The Kier molecular flexibility index (Phi) is 4.43. The van der Waals surface area contributed by atoms with E-state index in [9.17, 15) is 21.6 Å². The molecule has 5 nitrogen and oxygen atoms in total. The van der Waals surface area contributed by atoms with Crippen LogP contribution in [-0.2, 0) is 16.2 Å². The Morgan fingerprint density at radius 1 is 1.33 bits per heavy atom. The molecule has 1 aromatic heterocycles. The Morgan fingerprint density at radius 3 is 2.57 bits per heavy atom. The van der Waals surface area contributed by atoms with Crippen LogP contribution >= 0.6 is 0 Å². The van der Waals surface area contributed by atoms with Gasteiger partial charge in [-0.05, 0) is 37.3 Å². The van der Waals surface area contributed by atoms with Crippen molar-refractivity contribution in [2.75, 3.05) is 11.1 Å². The summed E-state index contributed by atoms with van der Waals surface area (Å²) in [6.07, 6.45) is -1.56. The summed E-state index contributed by atoms with van der Waals surface area (Å²) in [6, 6.07) is 2.24. The van der Waals surface area contributed by atoms with Crippen LogP contribution in [0.5, 0.6) is 0 Å². The van der Waals surface area contributed by atoms with Gasteiger partial charge in [-0.1, -0.05) is 0 Å². The van der Waals surface area contributed by atoms with Gasteiger partial charge in [-0.2, -0.15) is 13.2 Å². The number of hydrogen-bond acceptors (Lipinski definition) is 4. The van der Waals surface area contributed by atoms with Crippen LogP contribution < -0.4 is 10.5 Å². The van der Waals surface area contributed by atoms with Crippen molar-refractivity contribution in [1.29, 1.82) is 0 Å². The fourth-order valence-electron chi connectivity index (χ4n) is 2.54. The van der Waals surface area contributed by atoms with E-state index < -0.39 is 21.8 Å². The molecule has 0 saturated heterocycles. The third-order valence-corrected chi connectivity index (χ3v) is 4.39.